The van der Waals surface area contributed by atoms with Crippen molar-refractivity contribution in [2.75, 3.05) is 0 Å². The molecule has 0 saturated heterocycles. The van der Waals surface area contributed by atoms with E-state index >= 15 is 0 Å². The van der Waals surface area contributed by atoms with Gasteiger partial charge in [-0.2, -0.15) is 5.26 Å². The van der Waals surface area contributed by atoms with Gasteiger partial charge < -0.3 is 0 Å². The van der Waals surface area contributed by atoms with Gasteiger partial charge >= 0.3 is 0 Å². The summed E-state index contributed by atoms with van der Waals surface area (Å²) < 4.78 is 1.17. The predicted octanol–water partition coefficient (Wildman–Crippen LogP) is 2.78. The first-order valence-corrected chi connectivity index (χ1v) is 4.40. The Balaban J connectivity index is 3.39. The van der Waals surface area contributed by atoms with Gasteiger partial charge in [-0.3, -0.25) is 0 Å². The third kappa shape index (κ3) is 1.72. The molecule has 0 aliphatic carbocycles. The van der Waals surface area contributed by atoms with Gasteiger partial charge in [0.25, 0.3) is 0 Å². The molecule has 0 N–H and O–H groups in total. The van der Waals surface area contributed by atoms with E-state index in [1.165, 1.54) is 3.57 Å². The number of benzene rings is 1. The molecule has 2 heteroatoms. The summed E-state index contributed by atoms with van der Waals surface area (Å²) in [7, 11) is 0. The Hall–Kier alpha value is -0.560. The number of hydrogen-bond donors (Lipinski definition) is 0. The van der Waals surface area contributed by atoms with Gasteiger partial charge in [0, 0.05) is 3.57 Å². The van der Waals surface area contributed by atoms with Gasteiger partial charge in [0.1, 0.15) is 0 Å². The number of aryl methyl sites for hydroxylation is 1. The zero-order valence-corrected chi connectivity index (χ0v) is 8.64. The van der Waals surface area contributed by atoms with Crippen molar-refractivity contribution < 1.29 is 0 Å². The van der Waals surface area contributed by atoms with E-state index in [1.54, 1.807) is 0 Å². The fraction of sp³-hybridized carbons (Fsp3) is 0.222. The lowest BCUT2D eigenvalue weighted by atomic mass is 10.1. The van der Waals surface area contributed by atoms with E-state index in [1.807, 2.05) is 19.9 Å². The van der Waals surface area contributed by atoms with Crippen LogP contribution in [0.3, 0.4) is 0 Å². The number of nitriles is 1. The molecule has 1 rings (SSSR count). The fourth-order valence-electron chi connectivity index (χ4n) is 0.931. The summed E-state index contributed by atoms with van der Waals surface area (Å²) in [6.07, 6.45) is 0. The second-order valence-electron chi connectivity index (χ2n) is 2.53. The van der Waals surface area contributed by atoms with Gasteiger partial charge in [0.2, 0.25) is 0 Å². The molecule has 0 aromatic heterocycles. The van der Waals surface area contributed by atoms with E-state index in [0.717, 1.165) is 16.7 Å². The summed E-state index contributed by atoms with van der Waals surface area (Å²) in [5, 5.41) is 8.71. The number of halogens is 1. The highest BCUT2D eigenvalue weighted by Gasteiger charge is 2.01. The average molecular weight is 257 g/mol. The zero-order valence-electron chi connectivity index (χ0n) is 6.48. The third-order valence-corrected chi connectivity index (χ3v) is 2.73. The molecule has 0 aliphatic heterocycles. The topological polar surface area (TPSA) is 23.8 Å². The quantitative estimate of drug-likeness (QED) is 0.655. The van der Waals surface area contributed by atoms with Crippen LogP contribution in [0, 0.1) is 28.7 Å². The van der Waals surface area contributed by atoms with Crippen LogP contribution < -0.4 is 0 Å². The molecule has 1 nitrogen and oxygen atoms in total. The summed E-state index contributed by atoms with van der Waals surface area (Å²) in [6.45, 7) is 3.97. The van der Waals surface area contributed by atoms with Crippen LogP contribution in [0.4, 0.5) is 0 Å². The molecule has 0 fully saturated rings. The Morgan fingerprint density at radius 1 is 1.36 bits per heavy atom. The van der Waals surface area contributed by atoms with Gasteiger partial charge in [-0.05, 0) is 59.7 Å². The number of rotatable bonds is 0. The van der Waals surface area contributed by atoms with Crippen LogP contribution in [-0.2, 0) is 0 Å². The van der Waals surface area contributed by atoms with Crippen LogP contribution >= 0.6 is 22.6 Å². The van der Waals surface area contributed by atoms with Gasteiger partial charge in [-0.25, -0.2) is 0 Å². The first-order chi connectivity index (χ1) is 5.15. The highest BCUT2D eigenvalue weighted by molar-refractivity contribution is 14.1. The van der Waals surface area contributed by atoms with E-state index in [9.17, 15) is 0 Å². The SMILES string of the molecule is Cc1cc(I)c(C)c(C#N)c1. The van der Waals surface area contributed by atoms with Crippen LogP contribution in [0.25, 0.3) is 0 Å². The normalized spacial score (nSPS) is 9.27. The smallest absolute Gasteiger partial charge is 0.0994 e. The summed E-state index contributed by atoms with van der Waals surface area (Å²) in [5.74, 6) is 0. The molecular formula is C9H8IN. The van der Waals surface area contributed by atoms with Crippen LogP contribution in [0.2, 0.25) is 0 Å². The molecule has 0 radical (unpaired) electrons. The minimum absolute atomic E-state index is 0.786. The Morgan fingerprint density at radius 2 is 2.00 bits per heavy atom. The molecule has 56 valence electrons. The summed E-state index contributed by atoms with van der Waals surface area (Å²) in [6, 6.07) is 6.17. The standard InChI is InChI=1S/C9H8IN/c1-6-3-8(5-11)7(2)9(10)4-6/h3-4H,1-2H3. The molecule has 0 spiro atoms. The highest BCUT2D eigenvalue weighted by Crippen LogP contribution is 2.17. The van der Waals surface area contributed by atoms with Crippen LogP contribution in [-0.4, -0.2) is 0 Å². The van der Waals surface area contributed by atoms with E-state index in [0.29, 0.717) is 0 Å². The lowest BCUT2D eigenvalue weighted by Gasteiger charge is -2.01. The maximum Gasteiger partial charge on any atom is 0.0994 e. The first-order valence-electron chi connectivity index (χ1n) is 3.32. The lowest BCUT2D eigenvalue weighted by molar-refractivity contribution is 1.32. The van der Waals surface area contributed by atoms with Crippen molar-refractivity contribution in [2.45, 2.75) is 13.8 Å². The summed E-state index contributed by atoms with van der Waals surface area (Å²) in [4.78, 5) is 0. The number of hydrogen-bond acceptors (Lipinski definition) is 1. The van der Waals surface area contributed by atoms with Gasteiger partial charge in [0.15, 0.2) is 0 Å². The predicted molar refractivity (Wildman–Crippen MR) is 53.3 cm³/mol. The Bertz CT molecular complexity index is 323. The molecule has 0 aliphatic rings. The molecule has 0 atom stereocenters. The highest BCUT2D eigenvalue weighted by atomic mass is 127. The van der Waals surface area contributed by atoms with Crippen molar-refractivity contribution in [3.05, 3.63) is 32.4 Å². The van der Waals surface area contributed by atoms with E-state index in [2.05, 4.69) is 34.7 Å². The van der Waals surface area contributed by atoms with Crippen molar-refractivity contribution in [3.8, 4) is 6.07 Å². The Morgan fingerprint density at radius 3 is 2.55 bits per heavy atom. The van der Waals surface area contributed by atoms with Crippen molar-refractivity contribution in [1.82, 2.24) is 0 Å². The lowest BCUT2D eigenvalue weighted by Crippen LogP contribution is -1.88. The van der Waals surface area contributed by atoms with Gasteiger partial charge in [-0.15, -0.1) is 0 Å². The summed E-state index contributed by atoms with van der Waals surface area (Å²) in [5.41, 5.74) is 3.02. The first kappa shape index (κ1) is 8.54. The van der Waals surface area contributed by atoms with Gasteiger partial charge in [0.05, 0.1) is 11.6 Å². The van der Waals surface area contributed by atoms with Crippen molar-refractivity contribution in [2.24, 2.45) is 0 Å². The second-order valence-corrected chi connectivity index (χ2v) is 3.69. The van der Waals surface area contributed by atoms with Crippen LogP contribution in [0.1, 0.15) is 16.7 Å². The van der Waals surface area contributed by atoms with E-state index in [4.69, 9.17) is 5.26 Å². The number of nitrogens with zero attached hydrogens (tertiary/aromatic N) is 1. The van der Waals surface area contributed by atoms with Gasteiger partial charge in [-0.1, -0.05) is 0 Å². The second kappa shape index (κ2) is 3.22. The van der Waals surface area contributed by atoms with Crippen LogP contribution in [0.5, 0.6) is 0 Å². The van der Waals surface area contributed by atoms with Crippen molar-refractivity contribution in [1.29, 1.82) is 5.26 Å². The fourth-order valence-corrected chi connectivity index (χ4v) is 1.71. The van der Waals surface area contributed by atoms with Crippen molar-refractivity contribution in [3.63, 3.8) is 0 Å². The monoisotopic (exact) mass is 257 g/mol. The van der Waals surface area contributed by atoms with E-state index < -0.39 is 0 Å². The zero-order chi connectivity index (χ0) is 8.43. The third-order valence-electron chi connectivity index (χ3n) is 1.61. The minimum Gasteiger partial charge on any atom is -0.192 e. The molecule has 0 heterocycles. The van der Waals surface area contributed by atoms with Crippen LogP contribution in [0.15, 0.2) is 12.1 Å². The molecule has 0 bridgehead atoms. The average Bonchev–Trinajstić information content (AvgIpc) is 1.96. The van der Waals surface area contributed by atoms with E-state index in [-0.39, 0.29) is 0 Å². The maximum atomic E-state index is 8.71. The Kier molecular flexibility index (Phi) is 2.50. The largest absolute Gasteiger partial charge is 0.192 e. The Labute approximate surface area is 80.2 Å². The molecule has 0 amide bonds. The molecule has 0 unspecified atom stereocenters. The van der Waals surface area contributed by atoms with Crippen molar-refractivity contribution >= 4 is 22.6 Å². The molecule has 11 heavy (non-hydrogen) atoms. The maximum absolute atomic E-state index is 8.71. The molecule has 1 aromatic carbocycles. The molecule has 0 saturated carbocycles. The summed E-state index contributed by atoms with van der Waals surface area (Å²) >= 11 is 2.25. The molecular weight excluding hydrogens is 249 g/mol. The molecule has 1 aromatic rings. The minimum atomic E-state index is 0.786.